The van der Waals surface area contributed by atoms with Crippen LogP contribution < -0.4 is 4.74 Å². The van der Waals surface area contributed by atoms with Crippen molar-refractivity contribution in [1.29, 1.82) is 0 Å². The minimum absolute atomic E-state index is 0.117. The Kier molecular flexibility index (Phi) is 4.03. The molecule has 0 amide bonds. The van der Waals surface area contributed by atoms with Gasteiger partial charge in [-0.15, -0.1) is 5.10 Å². The summed E-state index contributed by atoms with van der Waals surface area (Å²) < 4.78 is 8.47. The highest BCUT2D eigenvalue weighted by Crippen LogP contribution is 2.28. The molecule has 1 aromatic heterocycles. The fourth-order valence-corrected chi connectivity index (χ4v) is 3.01. The van der Waals surface area contributed by atoms with E-state index >= 15 is 0 Å². The zero-order valence-electron chi connectivity index (χ0n) is 10.7. The highest BCUT2D eigenvalue weighted by atomic mass is 79.9. The van der Waals surface area contributed by atoms with Crippen LogP contribution in [0.5, 0.6) is 5.75 Å². The molecule has 0 saturated carbocycles. The number of carbonyl (C=O) groups excluding carboxylic acids is 1. The lowest BCUT2D eigenvalue weighted by molar-refractivity contribution is 0.0824. The molecule has 1 heterocycles. The van der Waals surface area contributed by atoms with Crippen LogP contribution in [-0.2, 0) is 0 Å². The van der Waals surface area contributed by atoms with Crippen molar-refractivity contribution >= 4 is 48.8 Å². The van der Waals surface area contributed by atoms with Crippen LogP contribution in [0.15, 0.2) is 51.4 Å². The lowest BCUT2D eigenvalue weighted by Gasteiger charge is -2.07. The average molecular weight is 411 g/mol. The highest BCUT2D eigenvalue weighted by Gasteiger charge is 2.13. The van der Waals surface area contributed by atoms with E-state index in [1.165, 1.54) is 4.68 Å². The van der Waals surface area contributed by atoms with Gasteiger partial charge >= 0.3 is 0 Å². The van der Waals surface area contributed by atoms with E-state index in [1.54, 1.807) is 18.2 Å². The third-order valence-corrected chi connectivity index (χ3v) is 3.95. The predicted octanol–water partition coefficient (Wildman–Crippen LogP) is 3.68. The zero-order valence-corrected chi connectivity index (χ0v) is 13.8. The first-order chi connectivity index (χ1) is 10.1. The van der Waals surface area contributed by atoms with Gasteiger partial charge in [0.2, 0.25) is 0 Å². The first-order valence-electron chi connectivity index (χ1n) is 6.06. The number of aromatic nitrogens is 3. The molecule has 7 heteroatoms. The quantitative estimate of drug-likeness (QED) is 0.660. The largest absolute Gasteiger partial charge is 0.482 e. The third kappa shape index (κ3) is 2.98. The number of ether oxygens (including phenoxy) is 1. The molecule has 0 atom stereocenters. The maximum atomic E-state index is 12.2. The van der Waals surface area contributed by atoms with Crippen LogP contribution in [0, 0.1) is 0 Å². The van der Waals surface area contributed by atoms with E-state index in [0.717, 1.165) is 8.95 Å². The van der Waals surface area contributed by atoms with E-state index in [4.69, 9.17) is 4.74 Å². The Hall–Kier alpha value is -1.73. The molecule has 106 valence electrons. The molecule has 0 aliphatic heterocycles. The maximum Gasteiger partial charge on any atom is 0.286 e. The van der Waals surface area contributed by atoms with E-state index in [1.807, 2.05) is 24.3 Å². The van der Waals surface area contributed by atoms with Crippen LogP contribution in [0.1, 0.15) is 4.79 Å². The Labute approximate surface area is 137 Å². The van der Waals surface area contributed by atoms with Crippen molar-refractivity contribution in [1.82, 2.24) is 15.0 Å². The third-order valence-electron chi connectivity index (χ3n) is 2.83. The van der Waals surface area contributed by atoms with Gasteiger partial charge in [0.25, 0.3) is 5.91 Å². The lowest BCUT2D eigenvalue weighted by atomic mass is 10.3. The normalized spacial score (nSPS) is 10.8. The summed E-state index contributed by atoms with van der Waals surface area (Å²) in [5, 5.41) is 7.81. The minimum atomic E-state index is -0.279. The summed E-state index contributed by atoms with van der Waals surface area (Å²) in [6, 6.07) is 12.8. The van der Waals surface area contributed by atoms with E-state index in [0.29, 0.717) is 16.8 Å². The van der Waals surface area contributed by atoms with Crippen LogP contribution in [0.3, 0.4) is 0 Å². The molecule has 21 heavy (non-hydrogen) atoms. The minimum Gasteiger partial charge on any atom is -0.482 e. The summed E-state index contributed by atoms with van der Waals surface area (Å²) in [6.07, 6.45) is 0. The van der Waals surface area contributed by atoms with Crippen molar-refractivity contribution < 1.29 is 9.53 Å². The lowest BCUT2D eigenvalue weighted by Crippen LogP contribution is -2.20. The molecular weight excluding hydrogens is 402 g/mol. The van der Waals surface area contributed by atoms with Gasteiger partial charge in [0, 0.05) is 4.47 Å². The smallest absolute Gasteiger partial charge is 0.286 e. The molecule has 0 saturated heterocycles. The second-order valence-electron chi connectivity index (χ2n) is 4.25. The Bertz CT molecular complexity index is 817. The molecule has 3 aromatic rings. The molecule has 0 aliphatic rings. The monoisotopic (exact) mass is 409 g/mol. The Morgan fingerprint density at radius 1 is 1.19 bits per heavy atom. The van der Waals surface area contributed by atoms with Crippen LogP contribution in [0.2, 0.25) is 0 Å². The van der Waals surface area contributed by atoms with Crippen molar-refractivity contribution in [2.24, 2.45) is 0 Å². The number of fused-ring (bicyclic) bond motifs is 1. The standard InChI is InChI=1S/C14H9Br2N3O2/c15-9-5-6-13(10(16)7-9)21-8-14(20)19-12-4-2-1-3-11(12)17-18-19/h1-7H,8H2. The average Bonchev–Trinajstić information content (AvgIpc) is 2.90. The number of carbonyl (C=O) groups is 1. The number of halogens is 2. The molecule has 0 aliphatic carbocycles. The Morgan fingerprint density at radius 3 is 2.81 bits per heavy atom. The maximum absolute atomic E-state index is 12.2. The molecular formula is C14H9Br2N3O2. The molecule has 5 nitrogen and oxygen atoms in total. The van der Waals surface area contributed by atoms with Gasteiger partial charge in [0.15, 0.2) is 6.61 Å². The van der Waals surface area contributed by atoms with Gasteiger partial charge in [0.1, 0.15) is 11.3 Å². The summed E-state index contributed by atoms with van der Waals surface area (Å²) in [5.74, 6) is 0.314. The van der Waals surface area contributed by atoms with Crippen LogP contribution >= 0.6 is 31.9 Å². The molecule has 0 N–H and O–H groups in total. The Morgan fingerprint density at radius 2 is 2.00 bits per heavy atom. The van der Waals surface area contributed by atoms with Crippen LogP contribution in [-0.4, -0.2) is 27.5 Å². The summed E-state index contributed by atoms with van der Waals surface area (Å²) in [7, 11) is 0. The number of benzene rings is 2. The van der Waals surface area contributed by atoms with Crippen molar-refractivity contribution in [3.05, 3.63) is 51.4 Å². The molecule has 0 radical (unpaired) electrons. The van der Waals surface area contributed by atoms with E-state index < -0.39 is 0 Å². The summed E-state index contributed by atoms with van der Waals surface area (Å²) in [6.45, 7) is -0.117. The van der Waals surface area contributed by atoms with Gasteiger partial charge in [-0.1, -0.05) is 33.3 Å². The second kappa shape index (κ2) is 5.95. The summed E-state index contributed by atoms with van der Waals surface area (Å²) in [4.78, 5) is 12.2. The number of hydrogen-bond acceptors (Lipinski definition) is 4. The van der Waals surface area contributed by atoms with Crippen molar-refractivity contribution in [3.8, 4) is 5.75 Å². The first-order valence-corrected chi connectivity index (χ1v) is 7.65. The molecule has 0 spiro atoms. The number of nitrogens with zero attached hydrogens (tertiary/aromatic N) is 3. The van der Waals surface area contributed by atoms with E-state index in [-0.39, 0.29) is 12.5 Å². The topological polar surface area (TPSA) is 57.0 Å². The first kappa shape index (κ1) is 14.2. The van der Waals surface area contributed by atoms with Gasteiger partial charge in [-0.3, -0.25) is 4.79 Å². The number of rotatable bonds is 3. The second-order valence-corrected chi connectivity index (χ2v) is 6.02. The van der Waals surface area contributed by atoms with Crippen molar-refractivity contribution in [2.45, 2.75) is 0 Å². The van der Waals surface area contributed by atoms with Crippen LogP contribution in [0.4, 0.5) is 0 Å². The molecule has 3 rings (SSSR count). The fraction of sp³-hybridized carbons (Fsp3) is 0.0714. The fourth-order valence-electron chi connectivity index (χ4n) is 1.85. The highest BCUT2D eigenvalue weighted by molar-refractivity contribution is 9.11. The Balaban J connectivity index is 1.77. The van der Waals surface area contributed by atoms with Gasteiger partial charge in [-0.05, 0) is 46.3 Å². The van der Waals surface area contributed by atoms with E-state index in [9.17, 15) is 4.79 Å². The zero-order chi connectivity index (χ0) is 14.8. The molecule has 0 fully saturated rings. The number of hydrogen-bond donors (Lipinski definition) is 0. The van der Waals surface area contributed by atoms with Gasteiger partial charge in [-0.2, -0.15) is 4.68 Å². The molecule has 0 bridgehead atoms. The summed E-state index contributed by atoms with van der Waals surface area (Å²) in [5.41, 5.74) is 1.34. The van der Waals surface area contributed by atoms with Crippen molar-refractivity contribution in [3.63, 3.8) is 0 Å². The van der Waals surface area contributed by atoms with Gasteiger partial charge < -0.3 is 4.74 Å². The van der Waals surface area contributed by atoms with E-state index in [2.05, 4.69) is 42.2 Å². The predicted molar refractivity (Wildman–Crippen MR) is 85.5 cm³/mol. The summed E-state index contributed by atoms with van der Waals surface area (Å²) >= 11 is 6.74. The SMILES string of the molecule is O=C(COc1ccc(Br)cc1Br)n1nnc2ccccc21. The van der Waals surface area contributed by atoms with Crippen LogP contribution in [0.25, 0.3) is 11.0 Å². The number of para-hydroxylation sites is 1. The van der Waals surface area contributed by atoms with Gasteiger partial charge in [-0.25, -0.2) is 0 Å². The molecule has 2 aromatic carbocycles. The molecule has 0 unspecified atom stereocenters. The van der Waals surface area contributed by atoms with Crippen molar-refractivity contribution in [2.75, 3.05) is 6.61 Å². The van der Waals surface area contributed by atoms with Gasteiger partial charge in [0.05, 0.1) is 9.99 Å².